The van der Waals surface area contributed by atoms with Crippen molar-refractivity contribution in [1.29, 1.82) is 0 Å². The molecule has 5 rings (SSSR count). The summed E-state index contributed by atoms with van der Waals surface area (Å²) in [6.45, 7) is 7.65. The predicted molar refractivity (Wildman–Crippen MR) is 141 cm³/mol. The van der Waals surface area contributed by atoms with E-state index in [-0.39, 0.29) is 35.5 Å². The third-order valence-electron chi connectivity index (χ3n) is 6.63. The molecular formula is C27H28FN7O4. The first-order chi connectivity index (χ1) is 18.6. The fraction of sp³-hybridized carbons (Fsp3) is 0.296. The Kier molecular flexibility index (Phi) is 6.87. The molecule has 4 aromatic rings. The van der Waals surface area contributed by atoms with Crippen LogP contribution in [0.4, 0.5) is 10.2 Å². The Morgan fingerprint density at radius 2 is 2.15 bits per heavy atom. The van der Waals surface area contributed by atoms with Crippen LogP contribution in [0.1, 0.15) is 42.1 Å². The molecule has 12 heteroatoms. The number of aromatic nitrogens is 4. The Hall–Kier alpha value is -4.58. The number of anilines is 1. The van der Waals surface area contributed by atoms with Crippen LogP contribution in [0.3, 0.4) is 0 Å². The van der Waals surface area contributed by atoms with Gasteiger partial charge in [-0.25, -0.2) is 9.37 Å². The molecular weight excluding hydrogens is 505 g/mol. The number of carbonyl (C=O) groups excluding carboxylic acids is 2. The molecule has 1 aliphatic rings. The number of hydrogen-bond donors (Lipinski definition) is 4. The Labute approximate surface area is 223 Å². The van der Waals surface area contributed by atoms with Crippen molar-refractivity contribution in [1.82, 2.24) is 30.6 Å². The lowest BCUT2D eigenvalue weighted by Crippen LogP contribution is -2.30. The van der Waals surface area contributed by atoms with E-state index in [1.807, 2.05) is 0 Å². The molecule has 1 aromatic carbocycles. The van der Waals surface area contributed by atoms with Gasteiger partial charge < -0.3 is 25.2 Å². The number of hydrogen-bond acceptors (Lipinski definition) is 8. The summed E-state index contributed by atoms with van der Waals surface area (Å²) in [5.74, 6) is -0.443. The largest absolute Gasteiger partial charge is 0.382 e. The number of fused-ring (bicyclic) bond motifs is 1. The zero-order valence-corrected chi connectivity index (χ0v) is 21.5. The van der Waals surface area contributed by atoms with E-state index in [1.165, 1.54) is 32.1 Å². The van der Waals surface area contributed by atoms with Gasteiger partial charge >= 0.3 is 0 Å². The molecule has 3 aromatic heterocycles. The Bertz CT molecular complexity index is 1560. The fourth-order valence-electron chi connectivity index (χ4n) is 4.49. The zero-order valence-electron chi connectivity index (χ0n) is 21.5. The molecule has 4 heterocycles. The summed E-state index contributed by atoms with van der Waals surface area (Å²) in [7, 11) is 0. The summed E-state index contributed by atoms with van der Waals surface area (Å²) in [5.41, 5.74) is 0.875. The highest BCUT2D eigenvalue weighted by Crippen LogP contribution is 2.33. The Morgan fingerprint density at radius 1 is 1.33 bits per heavy atom. The summed E-state index contributed by atoms with van der Waals surface area (Å²) in [6.07, 6.45) is 3.68. The van der Waals surface area contributed by atoms with Crippen LogP contribution in [0.5, 0.6) is 0 Å². The van der Waals surface area contributed by atoms with E-state index in [0.717, 1.165) is 12.0 Å². The third-order valence-corrected chi connectivity index (χ3v) is 6.63. The molecule has 0 aliphatic carbocycles. The monoisotopic (exact) mass is 533 g/mol. The van der Waals surface area contributed by atoms with Crippen LogP contribution in [0.25, 0.3) is 22.2 Å². The first-order valence-electron chi connectivity index (χ1n) is 12.4. The summed E-state index contributed by atoms with van der Waals surface area (Å²) >= 11 is 0. The third kappa shape index (κ3) is 5.36. The number of aliphatic hydroxyl groups is 1. The lowest BCUT2D eigenvalue weighted by molar-refractivity contribution is -0.125. The van der Waals surface area contributed by atoms with E-state index in [2.05, 4.69) is 37.6 Å². The fourth-order valence-corrected chi connectivity index (χ4v) is 4.49. The second-order valence-corrected chi connectivity index (χ2v) is 9.90. The number of H-pyrrole nitrogens is 1. The number of nitrogens with zero attached hydrogens (tertiary/aromatic N) is 4. The van der Waals surface area contributed by atoms with Crippen LogP contribution >= 0.6 is 0 Å². The standard InChI is InChI=1S/C27H28FN7O4/c1-4-22(36)35-10-8-17(14-35)31-25-23-18(7-9-29-24(23)32-33-25)15-5-6-16(19(28)11-15)13-30-26(37)20-12-21(39-34-20)27(2,3)38/h4-7,9,11-12,17,38H,1,8,10,13-14H2,2-3H3,(H,30,37)(H2,29,31,32,33)/t17-/m1/s1. The predicted octanol–water partition coefficient (Wildman–Crippen LogP) is 3.11. The second kappa shape index (κ2) is 10.3. The molecule has 1 fully saturated rings. The molecule has 4 N–H and O–H groups in total. The maximum Gasteiger partial charge on any atom is 0.273 e. The number of pyridine rings is 1. The normalized spacial score (nSPS) is 15.5. The highest BCUT2D eigenvalue weighted by Gasteiger charge is 2.27. The van der Waals surface area contributed by atoms with Gasteiger partial charge in [-0.05, 0) is 49.6 Å². The van der Waals surface area contributed by atoms with E-state index in [9.17, 15) is 14.7 Å². The van der Waals surface area contributed by atoms with Crippen molar-refractivity contribution in [3.8, 4) is 11.1 Å². The Balaban J connectivity index is 1.32. The lowest BCUT2D eigenvalue weighted by Gasteiger charge is -2.15. The number of nitrogens with one attached hydrogen (secondary N) is 3. The summed E-state index contributed by atoms with van der Waals surface area (Å²) in [4.78, 5) is 30.4. The van der Waals surface area contributed by atoms with Crippen LogP contribution in [-0.4, -0.2) is 61.3 Å². The van der Waals surface area contributed by atoms with Crippen molar-refractivity contribution in [2.45, 2.75) is 38.5 Å². The van der Waals surface area contributed by atoms with Crippen LogP contribution < -0.4 is 10.6 Å². The molecule has 11 nitrogen and oxygen atoms in total. The maximum absolute atomic E-state index is 15.1. The number of benzene rings is 1. The highest BCUT2D eigenvalue weighted by molar-refractivity contribution is 6.00. The SMILES string of the molecule is C=CC(=O)N1CC[C@@H](Nc2n[nH]c3nccc(-c4ccc(CNC(=O)c5cc(C(C)(C)O)on5)c(F)c4)c23)C1. The first kappa shape index (κ1) is 26.0. The zero-order chi connectivity index (χ0) is 27.7. The van der Waals surface area contributed by atoms with E-state index in [4.69, 9.17) is 4.52 Å². The van der Waals surface area contributed by atoms with Crippen LogP contribution in [0.15, 0.2) is 53.7 Å². The molecule has 0 radical (unpaired) electrons. The summed E-state index contributed by atoms with van der Waals surface area (Å²) < 4.78 is 20.2. The molecule has 1 saturated heterocycles. The summed E-state index contributed by atoms with van der Waals surface area (Å²) in [5, 5.41) is 27.7. The van der Waals surface area contributed by atoms with Gasteiger partial charge in [-0.1, -0.05) is 23.9 Å². The van der Waals surface area contributed by atoms with Gasteiger partial charge in [-0.2, -0.15) is 5.10 Å². The van der Waals surface area contributed by atoms with Gasteiger partial charge in [-0.15, -0.1) is 0 Å². The number of halogens is 1. The Morgan fingerprint density at radius 3 is 2.87 bits per heavy atom. The van der Waals surface area contributed by atoms with E-state index in [0.29, 0.717) is 35.5 Å². The molecule has 0 spiro atoms. The quantitative estimate of drug-likeness (QED) is 0.253. The topological polar surface area (TPSA) is 149 Å². The molecule has 1 aliphatic heterocycles. The van der Waals surface area contributed by atoms with Crippen molar-refractivity contribution in [2.24, 2.45) is 0 Å². The van der Waals surface area contributed by atoms with Crippen LogP contribution in [0, 0.1) is 5.82 Å². The van der Waals surface area contributed by atoms with E-state index < -0.39 is 17.3 Å². The van der Waals surface area contributed by atoms with Gasteiger partial charge in [0.15, 0.2) is 22.9 Å². The highest BCUT2D eigenvalue weighted by atomic mass is 19.1. The molecule has 0 unspecified atom stereocenters. The first-order valence-corrected chi connectivity index (χ1v) is 12.4. The maximum atomic E-state index is 15.1. The summed E-state index contributed by atoms with van der Waals surface area (Å²) in [6, 6.07) is 7.90. The lowest BCUT2D eigenvalue weighted by atomic mass is 10.0. The van der Waals surface area contributed by atoms with Crippen molar-refractivity contribution < 1.29 is 23.6 Å². The molecule has 202 valence electrons. The number of likely N-dealkylation sites (tertiary alicyclic amines) is 1. The molecule has 0 bridgehead atoms. The minimum atomic E-state index is -1.28. The van der Waals surface area contributed by atoms with Crippen LogP contribution in [0.2, 0.25) is 0 Å². The van der Waals surface area contributed by atoms with Crippen molar-refractivity contribution >= 4 is 28.7 Å². The van der Waals surface area contributed by atoms with Gasteiger partial charge in [0, 0.05) is 43.5 Å². The number of aromatic amines is 1. The number of carbonyl (C=O) groups is 2. The minimum Gasteiger partial charge on any atom is -0.382 e. The smallest absolute Gasteiger partial charge is 0.273 e. The average Bonchev–Trinajstić information content (AvgIpc) is 3.67. The van der Waals surface area contributed by atoms with Gasteiger partial charge in [0.25, 0.3) is 5.91 Å². The van der Waals surface area contributed by atoms with Gasteiger partial charge in [0.2, 0.25) is 5.91 Å². The van der Waals surface area contributed by atoms with Crippen molar-refractivity contribution in [3.05, 3.63) is 72.0 Å². The number of rotatable bonds is 8. The molecule has 2 amide bonds. The van der Waals surface area contributed by atoms with E-state index in [1.54, 1.807) is 29.3 Å². The van der Waals surface area contributed by atoms with Gasteiger partial charge in [0.05, 0.1) is 5.39 Å². The molecule has 39 heavy (non-hydrogen) atoms. The van der Waals surface area contributed by atoms with Gasteiger partial charge in [-0.3, -0.25) is 14.7 Å². The van der Waals surface area contributed by atoms with Gasteiger partial charge in [0.1, 0.15) is 11.4 Å². The average molecular weight is 534 g/mol. The van der Waals surface area contributed by atoms with Crippen LogP contribution in [-0.2, 0) is 16.9 Å². The molecule has 0 saturated carbocycles. The minimum absolute atomic E-state index is 0.000394. The number of amides is 2. The molecule has 1 atom stereocenters. The van der Waals surface area contributed by atoms with E-state index >= 15 is 4.39 Å². The van der Waals surface area contributed by atoms with Crippen molar-refractivity contribution in [2.75, 3.05) is 18.4 Å². The van der Waals surface area contributed by atoms with Crippen molar-refractivity contribution in [3.63, 3.8) is 0 Å². The second-order valence-electron chi connectivity index (χ2n) is 9.90.